The van der Waals surface area contributed by atoms with E-state index in [1.165, 1.54) is 18.2 Å². The SMILES string of the molecule is COC(=O)c1ccc(C(NC(=O)c2[nH]c3ccc(Cl)c(Cl)c3c2C)C(F)(F)F)cc1. The van der Waals surface area contributed by atoms with Crippen LogP contribution in [-0.4, -0.2) is 30.1 Å². The number of aryl methyl sites for hydroxylation is 1. The molecule has 0 saturated carbocycles. The second-order valence-electron chi connectivity index (χ2n) is 6.47. The maximum Gasteiger partial charge on any atom is 0.412 e. The number of hydrogen-bond acceptors (Lipinski definition) is 3. The van der Waals surface area contributed by atoms with Gasteiger partial charge in [-0.15, -0.1) is 0 Å². The summed E-state index contributed by atoms with van der Waals surface area (Å²) in [7, 11) is 1.16. The van der Waals surface area contributed by atoms with Crippen LogP contribution in [0.2, 0.25) is 10.0 Å². The van der Waals surface area contributed by atoms with Crippen molar-refractivity contribution in [3.63, 3.8) is 0 Å². The minimum Gasteiger partial charge on any atom is -0.465 e. The lowest BCUT2D eigenvalue weighted by Crippen LogP contribution is -2.38. The molecular weight excluding hydrogens is 444 g/mol. The fourth-order valence-corrected chi connectivity index (χ4v) is 3.55. The smallest absolute Gasteiger partial charge is 0.412 e. The molecule has 2 aromatic carbocycles. The summed E-state index contributed by atoms with van der Waals surface area (Å²) in [4.78, 5) is 27.0. The highest BCUT2D eigenvalue weighted by atomic mass is 35.5. The Morgan fingerprint density at radius 3 is 2.30 bits per heavy atom. The number of carbonyl (C=O) groups excluding carboxylic acids is 2. The van der Waals surface area contributed by atoms with Gasteiger partial charge in [0.05, 0.1) is 22.7 Å². The predicted octanol–water partition coefficient (Wildman–Crippen LogP) is 5.60. The third-order valence-corrected chi connectivity index (χ3v) is 5.40. The van der Waals surface area contributed by atoms with Gasteiger partial charge in [0.15, 0.2) is 6.04 Å². The normalized spacial score (nSPS) is 12.6. The Bertz CT molecular complexity index is 1130. The molecule has 3 aromatic rings. The number of amides is 1. The average molecular weight is 459 g/mol. The first-order valence-corrected chi connectivity index (χ1v) is 9.32. The van der Waals surface area contributed by atoms with Gasteiger partial charge in [0.2, 0.25) is 0 Å². The molecule has 1 heterocycles. The van der Waals surface area contributed by atoms with Crippen molar-refractivity contribution in [1.82, 2.24) is 10.3 Å². The highest BCUT2D eigenvalue weighted by Crippen LogP contribution is 2.36. The Morgan fingerprint density at radius 1 is 1.10 bits per heavy atom. The van der Waals surface area contributed by atoms with Crippen LogP contribution in [0.1, 0.15) is 38.0 Å². The second-order valence-corrected chi connectivity index (χ2v) is 7.26. The first-order chi connectivity index (χ1) is 14.0. The number of nitrogens with one attached hydrogen (secondary N) is 2. The van der Waals surface area contributed by atoms with Crippen molar-refractivity contribution in [2.24, 2.45) is 0 Å². The number of hydrogen-bond donors (Lipinski definition) is 2. The van der Waals surface area contributed by atoms with Crippen molar-refractivity contribution in [3.05, 3.63) is 68.8 Å². The zero-order chi connectivity index (χ0) is 22.2. The highest BCUT2D eigenvalue weighted by molar-refractivity contribution is 6.45. The van der Waals surface area contributed by atoms with Crippen molar-refractivity contribution >= 4 is 46.0 Å². The molecule has 1 aromatic heterocycles. The van der Waals surface area contributed by atoms with Gasteiger partial charge in [-0.3, -0.25) is 4.79 Å². The summed E-state index contributed by atoms with van der Waals surface area (Å²) in [5.74, 6) is -1.64. The van der Waals surface area contributed by atoms with E-state index in [9.17, 15) is 22.8 Å². The number of aromatic nitrogens is 1. The van der Waals surface area contributed by atoms with E-state index in [-0.39, 0.29) is 26.9 Å². The second kappa shape index (κ2) is 8.20. The van der Waals surface area contributed by atoms with E-state index in [4.69, 9.17) is 23.2 Å². The van der Waals surface area contributed by atoms with Gasteiger partial charge in [0, 0.05) is 10.9 Å². The van der Waals surface area contributed by atoms with Crippen LogP contribution in [0.15, 0.2) is 36.4 Å². The van der Waals surface area contributed by atoms with Crippen LogP contribution in [0.5, 0.6) is 0 Å². The standard InChI is InChI=1S/C20H15Cl2F3N2O3/c1-9-14-13(8-7-12(21)15(14)22)26-16(9)18(28)27-17(20(23,24)25)10-3-5-11(6-4-10)19(29)30-2/h3-8,17,26H,1-2H3,(H,27,28). The van der Waals surface area contributed by atoms with Crippen molar-refractivity contribution < 1.29 is 27.5 Å². The summed E-state index contributed by atoms with van der Waals surface area (Å²) in [5, 5.41) is 2.92. The molecule has 2 N–H and O–H groups in total. The molecule has 0 aliphatic carbocycles. The van der Waals surface area contributed by atoms with Gasteiger partial charge in [0.25, 0.3) is 5.91 Å². The molecule has 0 fully saturated rings. The Balaban J connectivity index is 1.96. The van der Waals surface area contributed by atoms with Crippen LogP contribution in [0.3, 0.4) is 0 Å². The molecule has 0 bridgehead atoms. The zero-order valence-electron chi connectivity index (χ0n) is 15.7. The number of H-pyrrole nitrogens is 1. The molecule has 1 amide bonds. The van der Waals surface area contributed by atoms with E-state index in [0.29, 0.717) is 16.5 Å². The van der Waals surface area contributed by atoms with E-state index >= 15 is 0 Å². The average Bonchev–Trinajstić information content (AvgIpc) is 3.04. The molecule has 3 rings (SSSR count). The number of rotatable bonds is 4. The van der Waals surface area contributed by atoms with Crippen molar-refractivity contribution in [3.8, 4) is 0 Å². The lowest BCUT2D eigenvalue weighted by atomic mass is 10.0. The van der Waals surface area contributed by atoms with Gasteiger partial charge >= 0.3 is 12.1 Å². The summed E-state index contributed by atoms with van der Waals surface area (Å²) < 4.78 is 45.6. The topological polar surface area (TPSA) is 71.2 Å². The van der Waals surface area contributed by atoms with Crippen LogP contribution >= 0.6 is 23.2 Å². The maximum absolute atomic E-state index is 13.7. The molecule has 0 spiro atoms. The Morgan fingerprint density at radius 2 is 1.73 bits per heavy atom. The van der Waals surface area contributed by atoms with Crippen molar-refractivity contribution in [1.29, 1.82) is 0 Å². The fraction of sp³-hybridized carbons (Fsp3) is 0.200. The quantitative estimate of drug-likeness (QED) is 0.499. The summed E-state index contributed by atoms with van der Waals surface area (Å²) >= 11 is 12.2. The fourth-order valence-electron chi connectivity index (χ4n) is 3.09. The number of fused-ring (bicyclic) bond motifs is 1. The number of ether oxygens (including phenoxy) is 1. The molecule has 0 aliphatic rings. The van der Waals surface area contributed by atoms with Crippen LogP contribution in [0.4, 0.5) is 13.2 Å². The van der Waals surface area contributed by atoms with Gasteiger partial charge in [-0.1, -0.05) is 35.3 Å². The number of aromatic amines is 1. The van der Waals surface area contributed by atoms with Crippen LogP contribution in [-0.2, 0) is 4.74 Å². The Kier molecular flexibility index (Phi) is 6.01. The third kappa shape index (κ3) is 4.11. The van der Waals surface area contributed by atoms with E-state index in [0.717, 1.165) is 19.2 Å². The lowest BCUT2D eigenvalue weighted by Gasteiger charge is -2.22. The number of carbonyl (C=O) groups is 2. The molecule has 1 atom stereocenters. The lowest BCUT2D eigenvalue weighted by molar-refractivity contribution is -0.155. The Hall–Kier alpha value is -2.71. The molecule has 30 heavy (non-hydrogen) atoms. The number of methoxy groups -OCH3 is 1. The van der Waals surface area contributed by atoms with Gasteiger partial charge in [0.1, 0.15) is 5.69 Å². The first kappa shape index (κ1) is 22.0. The molecule has 0 saturated heterocycles. The number of esters is 1. The van der Waals surface area contributed by atoms with Gasteiger partial charge in [-0.25, -0.2) is 4.79 Å². The minimum atomic E-state index is -4.77. The molecule has 10 heteroatoms. The predicted molar refractivity (Wildman–Crippen MR) is 107 cm³/mol. The number of benzene rings is 2. The first-order valence-electron chi connectivity index (χ1n) is 8.56. The highest BCUT2D eigenvalue weighted by Gasteiger charge is 2.42. The molecule has 1 unspecified atom stereocenters. The maximum atomic E-state index is 13.7. The molecule has 158 valence electrons. The summed E-state index contributed by atoms with van der Waals surface area (Å²) in [5.41, 5.74) is 0.634. The monoisotopic (exact) mass is 458 g/mol. The van der Waals surface area contributed by atoms with E-state index < -0.39 is 24.1 Å². The van der Waals surface area contributed by atoms with Crippen molar-refractivity contribution in [2.45, 2.75) is 19.1 Å². The summed E-state index contributed by atoms with van der Waals surface area (Å²) in [6, 6.07) is 5.43. The summed E-state index contributed by atoms with van der Waals surface area (Å²) in [6.07, 6.45) is -4.77. The van der Waals surface area contributed by atoms with Gasteiger partial charge in [-0.05, 0) is 42.3 Å². The van der Waals surface area contributed by atoms with Crippen LogP contribution in [0, 0.1) is 6.92 Å². The molecular formula is C20H15Cl2F3N2O3. The zero-order valence-corrected chi connectivity index (χ0v) is 17.2. The van der Waals surface area contributed by atoms with Gasteiger partial charge < -0.3 is 15.0 Å². The Labute approximate surface area is 179 Å². The van der Waals surface area contributed by atoms with E-state index in [1.807, 2.05) is 5.32 Å². The van der Waals surface area contributed by atoms with E-state index in [2.05, 4.69) is 9.72 Å². The van der Waals surface area contributed by atoms with Gasteiger partial charge in [-0.2, -0.15) is 13.2 Å². The third-order valence-electron chi connectivity index (χ3n) is 4.60. The van der Waals surface area contributed by atoms with Crippen molar-refractivity contribution in [2.75, 3.05) is 7.11 Å². The summed E-state index contributed by atoms with van der Waals surface area (Å²) in [6.45, 7) is 1.56. The minimum absolute atomic E-state index is 0.0606. The number of alkyl halides is 3. The van der Waals surface area contributed by atoms with Crippen LogP contribution in [0.25, 0.3) is 10.9 Å². The molecule has 5 nitrogen and oxygen atoms in total. The molecule has 0 radical (unpaired) electrons. The van der Waals surface area contributed by atoms with E-state index in [1.54, 1.807) is 13.0 Å². The van der Waals surface area contributed by atoms with Crippen LogP contribution < -0.4 is 5.32 Å². The number of halogens is 5. The largest absolute Gasteiger partial charge is 0.465 e. The molecule has 0 aliphatic heterocycles.